The van der Waals surface area contributed by atoms with Gasteiger partial charge in [0.1, 0.15) is 5.75 Å². The third kappa shape index (κ3) is 2.88. The smallest absolute Gasteiger partial charge is 0.257 e. The van der Waals surface area contributed by atoms with Crippen LogP contribution in [0.15, 0.2) is 48.7 Å². The molecule has 0 unspecified atom stereocenters. The Kier molecular flexibility index (Phi) is 3.96. The fourth-order valence-electron chi connectivity index (χ4n) is 3.82. The molecule has 2 aromatic carbocycles. The summed E-state index contributed by atoms with van der Waals surface area (Å²) in [5.41, 5.74) is 3.90. The molecule has 2 heterocycles. The number of phenolic OH excluding ortho intramolecular Hbond substituents is 1. The highest BCUT2D eigenvalue weighted by molar-refractivity contribution is 5.97. The minimum absolute atomic E-state index is 0.0642. The molecule has 4 nitrogen and oxygen atoms in total. The molecule has 1 saturated heterocycles. The predicted molar refractivity (Wildman–Crippen MR) is 99.0 cm³/mol. The molecule has 0 radical (unpaired) electrons. The van der Waals surface area contributed by atoms with Gasteiger partial charge < -0.3 is 15.0 Å². The Balaban J connectivity index is 1.50. The first kappa shape index (κ1) is 15.8. The third-order valence-corrected chi connectivity index (χ3v) is 5.23. The molecular formula is C21H22N2O2. The summed E-state index contributed by atoms with van der Waals surface area (Å²) in [4.78, 5) is 17.9. The second-order valence-electron chi connectivity index (χ2n) is 6.88. The molecule has 1 amide bonds. The number of piperidine rings is 1. The van der Waals surface area contributed by atoms with E-state index >= 15 is 0 Å². The number of H-pyrrole nitrogens is 1. The van der Waals surface area contributed by atoms with Gasteiger partial charge in [-0.05, 0) is 49.4 Å². The Morgan fingerprint density at radius 3 is 2.72 bits per heavy atom. The molecule has 1 aliphatic heterocycles. The molecule has 0 aliphatic carbocycles. The minimum Gasteiger partial charge on any atom is -0.507 e. The van der Waals surface area contributed by atoms with E-state index in [9.17, 15) is 9.90 Å². The lowest BCUT2D eigenvalue weighted by atomic mass is 9.89. The van der Waals surface area contributed by atoms with Crippen molar-refractivity contribution in [1.82, 2.24) is 9.88 Å². The van der Waals surface area contributed by atoms with Gasteiger partial charge in [0, 0.05) is 30.2 Å². The van der Waals surface area contributed by atoms with Crippen molar-refractivity contribution >= 4 is 16.8 Å². The Morgan fingerprint density at radius 2 is 1.92 bits per heavy atom. The van der Waals surface area contributed by atoms with Crippen molar-refractivity contribution in [2.45, 2.75) is 25.7 Å². The van der Waals surface area contributed by atoms with Gasteiger partial charge in [0.05, 0.1) is 5.56 Å². The molecule has 4 heteroatoms. The highest BCUT2D eigenvalue weighted by atomic mass is 16.3. The van der Waals surface area contributed by atoms with Crippen molar-refractivity contribution < 1.29 is 9.90 Å². The van der Waals surface area contributed by atoms with Crippen LogP contribution in [-0.2, 0) is 0 Å². The summed E-state index contributed by atoms with van der Waals surface area (Å²) in [7, 11) is 0. The number of aromatic hydroxyl groups is 1. The number of rotatable bonds is 2. The molecule has 1 fully saturated rings. The summed E-state index contributed by atoms with van der Waals surface area (Å²) in [5.74, 6) is 0.458. The molecule has 25 heavy (non-hydrogen) atoms. The Morgan fingerprint density at radius 1 is 1.16 bits per heavy atom. The summed E-state index contributed by atoms with van der Waals surface area (Å²) in [5, 5.41) is 11.3. The standard InChI is InChI=1S/C21H22N2O2/c1-14-6-7-20(24)17(12-14)21(25)23-10-8-15(9-11-23)18-13-22-19-5-3-2-4-16(18)19/h2-7,12-13,15,22,24H,8-11H2,1H3. The third-order valence-electron chi connectivity index (χ3n) is 5.23. The average molecular weight is 334 g/mol. The number of hydrogen-bond donors (Lipinski definition) is 2. The second-order valence-corrected chi connectivity index (χ2v) is 6.88. The molecule has 1 aliphatic rings. The van der Waals surface area contributed by atoms with Gasteiger partial charge in [0.25, 0.3) is 5.91 Å². The topological polar surface area (TPSA) is 56.3 Å². The quantitative estimate of drug-likeness (QED) is 0.738. The van der Waals surface area contributed by atoms with E-state index in [1.54, 1.807) is 12.1 Å². The van der Waals surface area contributed by atoms with Gasteiger partial charge >= 0.3 is 0 Å². The average Bonchev–Trinajstić information content (AvgIpc) is 3.07. The fourth-order valence-corrected chi connectivity index (χ4v) is 3.82. The molecule has 1 aromatic heterocycles. The van der Waals surface area contributed by atoms with E-state index in [-0.39, 0.29) is 11.7 Å². The van der Waals surface area contributed by atoms with Gasteiger partial charge in [0.2, 0.25) is 0 Å². The number of likely N-dealkylation sites (tertiary alicyclic amines) is 1. The number of phenols is 1. The first-order valence-electron chi connectivity index (χ1n) is 8.78. The number of aromatic amines is 1. The number of aromatic nitrogens is 1. The Bertz CT molecular complexity index is 921. The number of nitrogens with zero attached hydrogens (tertiary/aromatic N) is 1. The summed E-state index contributed by atoms with van der Waals surface area (Å²) in [6.07, 6.45) is 4.00. The number of carbonyl (C=O) groups is 1. The normalized spacial score (nSPS) is 15.6. The van der Waals surface area contributed by atoms with E-state index in [2.05, 4.69) is 29.4 Å². The molecule has 0 bridgehead atoms. The first-order chi connectivity index (χ1) is 12.1. The second kappa shape index (κ2) is 6.28. The number of amides is 1. The van der Waals surface area contributed by atoms with E-state index < -0.39 is 0 Å². The van der Waals surface area contributed by atoms with Gasteiger partial charge in [-0.25, -0.2) is 0 Å². The van der Waals surface area contributed by atoms with Crippen LogP contribution in [0.4, 0.5) is 0 Å². The highest BCUT2D eigenvalue weighted by Crippen LogP contribution is 2.34. The number of aryl methyl sites for hydroxylation is 1. The van der Waals surface area contributed by atoms with Gasteiger partial charge in [-0.15, -0.1) is 0 Å². The van der Waals surface area contributed by atoms with Crippen LogP contribution in [0, 0.1) is 6.92 Å². The highest BCUT2D eigenvalue weighted by Gasteiger charge is 2.27. The van der Waals surface area contributed by atoms with Gasteiger partial charge in [-0.3, -0.25) is 4.79 Å². The number of hydrogen-bond acceptors (Lipinski definition) is 2. The van der Waals surface area contributed by atoms with Crippen molar-refractivity contribution in [3.8, 4) is 5.75 Å². The molecule has 2 N–H and O–H groups in total. The lowest BCUT2D eigenvalue weighted by molar-refractivity contribution is 0.0710. The monoisotopic (exact) mass is 334 g/mol. The van der Waals surface area contributed by atoms with E-state index in [0.29, 0.717) is 11.5 Å². The van der Waals surface area contributed by atoms with E-state index in [1.165, 1.54) is 16.5 Å². The zero-order chi connectivity index (χ0) is 17.4. The van der Waals surface area contributed by atoms with Crippen LogP contribution in [0.5, 0.6) is 5.75 Å². The molecular weight excluding hydrogens is 312 g/mol. The largest absolute Gasteiger partial charge is 0.507 e. The Labute approximate surface area is 147 Å². The van der Waals surface area contributed by atoms with Gasteiger partial charge in [-0.2, -0.15) is 0 Å². The van der Waals surface area contributed by atoms with E-state index in [4.69, 9.17) is 0 Å². The lowest BCUT2D eigenvalue weighted by Gasteiger charge is -2.32. The number of fused-ring (bicyclic) bond motifs is 1. The van der Waals surface area contributed by atoms with Crippen LogP contribution >= 0.6 is 0 Å². The number of nitrogens with one attached hydrogen (secondary N) is 1. The van der Waals surface area contributed by atoms with Crippen LogP contribution in [0.25, 0.3) is 10.9 Å². The minimum atomic E-state index is -0.0708. The van der Waals surface area contributed by atoms with Crippen LogP contribution in [0.2, 0.25) is 0 Å². The molecule has 128 valence electrons. The van der Waals surface area contributed by atoms with Gasteiger partial charge in [-0.1, -0.05) is 29.8 Å². The first-order valence-corrected chi connectivity index (χ1v) is 8.78. The van der Waals surface area contributed by atoms with Gasteiger partial charge in [0.15, 0.2) is 0 Å². The van der Waals surface area contributed by atoms with Crippen LogP contribution in [0.3, 0.4) is 0 Å². The maximum Gasteiger partial charge on any atom is 0.257 e. The summed E-state index contributed by atoms with van der Waals surface area (Å²) >= 11 is 0. The molecule has 0 spiro atoms. The summed E-state index contributed by atoms with van der Waals surface area (Å²) < 4.78 is 0. The number of benzene rings is 2. The summed E-state index contributed by atoms with van der Waals surface area (Å²) in [6.45, 7) is 3.37. The van der Waals surface area contributed by atoms with Crippen molar-refractivity contribution in [3.63, 3.8) is 0 Å². The maximum absolute atomic E-state index is 12.7. The SMILES string of the molecule is Cc1ccc(O)c(C(=O)N2CCC(c3c[nH]c4ccccc34)CC2)c1. The van der Waals surface area contributed by atoms with Crippen molar-refractivity contribution in [3.05, 3.63) is 65.4 Å². The predicted octanol–water partition coefficient (Wildman–Crippen LogP) is 4.20. The van der Waals surface area contributed by atoms with Crippen molar-refractivity contribution in [2.75, 3.05) is 13.1 Å². The molecule has 4 rings (SSSR count). The zero-order valence-corrected chi connectivity index (χ0v) is 14.3. The molecule has 0 saturated carbocycles. The van der Waals surface area contributed by atoms with Crippen LogP contribution in [-0.4, -0.2) is 34.0 Å². The zero-order valence-electron chi connectivity index (χ0n) is 14.3. The lowest BCUT2D eigenvalue weighted by Crippen LogP contribution is -2.38. The van der Waals surface area contributed by atoms with Crippen LogP contribution < -0.4 is 0 Å². The Hall–Kier alpha value is -2.75. The summed E-state index contributed by atoms with van der Waals surface area (Å²) in [6, 6.07) is 13.5. The van der Waals surface area contributed by atoms with Crippen molar-refractivity contribution in [2.24, 2.45) is 0 Å². The maximum atomic E-state index is 12.7. The molecule has 3 aromatic rings. The van der Waals surface area contributed by atoms with Crippen LogP contribution in [0.1, 0.15) is 40.2 Å². The fraction of sp³-hybridized carbons (Fsp3) is 0.286. The molecule has 0 atom stereocenters. The van der Waals surface area contributed by atoms with Crippen molar-refractivity contribution in [1.29, 1.82) is 0 Å². The van der Waals surface area contributed by atoms with E-state index in [1.807, 2.05) is 24.0 Å². The number of para-hydroxylation sites is 1. The number of carbonyl (C=O) groups excluding carboxylic acids is 1. The van der Waals surface area contributed by atoms with E-state index in [0.717, 1.165) is 31.5 Å².